The van der Waals surface area contributed by atoms with E-state index >= 15 is 0 Å². The molecule has 0 aromatic heterocycles. The zero-order valence-corrected chi connectivity index (χ0v) is 14.5. The van der Waals surface area contributed by atoms with Gasteiger partial charge in [-0.05, 0) is 36.2 Å². The van der Waals surface area contributed by atoms with Crippen LogP contribution in [-0.2, 0) is 16.1 Å². The maximum absolute atomic E-state index is 13.1. The number of carbonyl (C=O) groups is 2. The Morgan fingerprint density at radius 2 is 1.92 bits per heavy atom. The van der Waals surface area contributed by atoms with Gasteiger partial charge in [-0.1, -0.05) is 30.3 Å². The molecule has 0 aliphatic carbocycles. The number of likely N-dealkylation sites (N-methyl/N-ethyl adjacent to an activating group) is 1. The molecule has 1 aliphatic heterocycles. The van der Waals surface area contributed by atoms with Gasteiger partial charge in [0.2, 0.25) is 11.8 Å². The highest BCUT2D eigenvalue weighted by Crippen LogP contribution is 2.33. The number of fused-ring (bicyclic) bond motifs is 1. The Hall–Kier alpha value is -2.82. The summed E-state index contributed by atoms with van der Waals surface area (Å²) in [7, 11) is 1.63. The third-order valence-corrected chi connectivity index (χ3v) is 4.52. The van der Waals surface area contributed by atoms with Crippen LogP contribution in [0.2, 0.25) is 0 Å². The number of hydrogen-bond acceptors (Lipinski definition) is 3. The lowest BCUT2D eigenvalue weighted by Crippen LogP contribution is -2.38. The standard InChI is InChI=1S/C20H22N2O3/c1-3-22(13-14-8-10-15(25-2)11-9-14)20(24)17-12-19(23)21-18-7-5-4-6-16(17)18/h4-11,17H,3,12-13H2,1-2H3,(H,21,23). The lowest BCUT2D eigenvalue weighted by Gasteiger charge is -2.30. The molecule has 2 aromatic carbocycles. The van der Waals surface area contributed by atoms with E-state index in [0.29, 0.717) is 13.1 Å². The normalized spacial score (nSPS) is 15.9. The number of hydrogen-bond donors (Lipinski definition) is 1. The first kappa shape index (κ1) is 17.0. The van der Waals surface area contributed by atoms with Crippen molar-refractivity contribution < 1.29 is 14.3 Å². The van der Waals surface area contributed by atoms with Gasteiger partial charge in [0, 0.05) is 25.2 Å². The van der Waals surface area contributed by atoms with E-state index in [1.807, 2.05) is 55.5 Å². The van der Waals surface area contributed by atoms with Crippen LogP contribution >= 0.6 is 0 Å². The quantitative estimate of drug-likeness (QED) is 0.911. The van der Waals surface area contributed by atoms with E-state index in [-0.39, 0.29) is 18.2 Å². The van der Waals surface area contributed by atoms with Crippen LogP contribution in [0.3, 0.4) is 0 Å². The number of anilines is 1. The van der Waals surface area contributed by atoms with E-state index in [1.165, 1.54) is 0 Å². The largest absolute Gasteiger partial charge is 0.497 e. The first-order valence-corrected chi connectivity index (χ1v) is 8.43. The summed E-state index contributed by atoms with van der Waals surface area (Å²) in [6, 6.07) is 15.2. The number of benzene rings is 2. The van der Waals surface area contributed by atoms with Crippen molar-refractivity contribution in [1.82, 2.24) is 4.90 Å². The molecular weight excluding hydrogens is 316 g/mol. The highest BCUT2D eigenvalue weighted by molar-refractivity contribution is 6.01. The third kappa shape index (κ3) is 3.65. The second-order valence-electron chi connectivity index (χ2n) is 6.09. The van der Waals surface area contributed by atoms with E-state index < -0.39 is 5.92 Å². The van der Waals surface area contributed by atoms with Crippen molar-refractivity contribution in [3.63, 3.8) is 0 Å². The fourth-order valence-electron chi connectivity index (χ4n) is 3.15. The zero-order valence-electron chi connectivity index (χ0n) is 14.5. The summed E-state index contributed by atoms with van der Waals surface area (Å²) in [5.74, 6) is 0.234. The molecule has 1 unspecified atom stereocenters. The van der Waals surface area contributed by atoms with Crippen molar-refractivity contribution in [2.24, 2.45) is 0 Å². The highest BCUT2D eigenvalue weighted by Gasteiger charge is 2.32. The Kier molecular flexibility index (Phi) is 5.03. The molecule has 0 radical (unpaired) electrons. The summed E-state index contributed by atoms with van der Waals surface area (Å²) < 4.78 is 5.17. The number of para-hydroxylation sites is 1. The molecule has 1 aliphatic rings. The predicted molar refractivity (Wildman–Crippen MR) is 96.5 cm³/mol. The first-order valence-electron chi connectivity index (χ1n) is 8.43. The van der Waals surface area contributed by atoms with Crippen LogP contribution in [0.4, 0.5) is 5.69 Å². The summed E-state index contributed by atoms with van der Waals surface area (Å²) >= 11 is 0. The maximum Gasteiger partial charge on any atom is 0.231 e. The van der Waals surface area contributed by atoms with Gasteiger partial charge < -0.3 is 15.0 Å². The minimum atomic E-state index is -0.428. The van der Waals surface area contributed by atoms with Gasteiger partial charge in [0.05, 0.1) is 13.0 Å². The smallest absolute Gasteiger partial charge is 0.231 e. The summed E-state index contributed by atoms with van der Waals surface area (Å²) in [4.78, 5) is 26.9. The fraction of sp³-hybridized carbons (Fsp3) is 0.300. The molecule has 2 amide bonds. The molecule has 1 heterocycles. The van der Waals surface area contributed by atoms with Gasteiger partial charge in [-0.3, -0.25) is 9.59 Å². The van der Waals surface area contributed by atoms with E-state index in [1.54, 1.807) is 12.0 Å². The molecule has 0 saturated heterocycles. The monoisotopic (exact) mass is 338 g/mol. The molecule has 25 heavy (non-hydrogen) atoms. The van der Waals surface area contributed by atoms with Gasteiger partial charge >= 0.3 is 0 Å². The Labute approximate surface area is 147 Å². The lowest BCUT2D eigenvalue weighted by atomic mass is 9.89. The Morgan fingerprint density at radius 3 is 2.60 bits per heavy atom. The predicted octanol–water partition coefficient (Wildman–Crippen LogP) is 3.17. The van der Waals surface area contributed by atoms with Crippen LogP contribution < -0.4 is 10.1 Å². The van der Waals surface area contributed by atoms with Crippen LogP contribution in [0.1, 0.15) is 30.4 Å². The van der Waals surface area contributed by atoms with Crippen molar-refractivity contribution in [2.45, 2.75) is 25.8 Å². The van der Waals surface area contributed by atoms with Crippen LogP contribution in [0, 0.1) is 0 Å². The van der Waals surface area contributed by atoms with Crippen molar-refractivity contribution in [3.05, 3.63) is 59.7 Å². The maximum atomic E-state index is 13.1. The number of rotatable bonds is 5. The van der Waals surface area contributed by atoms with Crippen molar-refractivity contribution in [3.8, 4) is 5.75 Å². The van der Waals surface area contributed by atoms with Gasteiger partial charge in [0.15, 0.2) is 0 Å². The molecule has 130 valence electrons. The molecular formula is C20H22N2O3. The molecule has 3 rings (SSSR count). The zero-order chi connectivity index (χ0) is 17.8. The van der Waals surface area contributed by atoms with E-state index in [9.17, 15) is 9.59 Å². The van der Waals surface area contributed by atoms with E-state index in [4.69, 9.17) is 4.74 Å². The Bertz CT molecular complexity index is 771. The molecule has 2 aromatic rings. The fourth-order valence-corrected chi connectivity index (χ4v) is 3.15. The minimum absolute atomic E-state index is 0.0133. The van der Waals surface area contributed by atoms with Crippen LogP contribution in [0.15, 0.2) is 48.5 Å². The number of carbonyl (C=O) groups excluding carboxylic acids is 2. The SMILES string of the molecule is CCN(Cc1ccc(OC)cc1)C(=O)C1CC(=O)Nc2ccccc21. The summed E-state index contributed by atoms with van der Waals surface area (Å²) in [5, 5.41) is 2.84. The van der Waals surface area contributed by atoms with Crippen molar-refractivity contribution >= 4 is 17.5 Å². The molecule has 0 spiro atoms. The van der Waals surface area contributed by atoms with Crippen LogP contribution in [0.25, 0.3) is 0 Å². The van der Waals surface area contributed by atoms with Gasteiger partial charge in [0.1, 0.15) is 5.75 Å². The number of amides is 2. The number of ether oxygens (including phenoxy) is 1. The van der Waals surface area contributed by atoms with E-state index in [0.717, 1.165) is 22.6 Å². The van der Waals surface area contributed by atoms with Gasteiger partial charge in [-0.2, -0.15) is 0 Å². The molecule has 5 nitrogen and oxygen atoms in total. The van der Waals surface area contributed by atoms with Crippen molar-refractivity contribution in [1.29, 1.82) is 0 Å². The third-order valence-electron chi connectivity index (χ3n) is 4.52. The minimum Gasteiger partial charge on any atom is -0.497 e. The Balaban J connectivity index is 1.81. The molecule has 1 N–H and O–H groups in total. The summed E-state index contributed by atoms with van der Waals surface area (Å²) in [6.45, 7) is 3.06. The number of methoxy groups -OCH3 is 1. The molecule has 0 fully saturated rings. The van der Waals surface area contributed by atoms with E-state index in [2.05, 4.69) is 5.32 Å². The Morgan fingerprint density at radius 1 is 1.20 bits per heavy atom. The number of nitrogens with zero attached hydrogens (tertiary/aromatic N) is 1. The van der Waals surface area contributed by atoms with Crippen LogP contribution in [0.5, 0.6) is 5.75 Å². The molecule has 5 heteroatoms. The average molecular weight is 338 g/mol. The first-order chi connectivity index (χ1) is 12.1. The molecule has 0 bridgehead atoms. The van der Waals surface area contributed by atoms with Crippen LogP contribution in [-0.4, -0.2) is 30.4 Å². The average Bonchev–Trinajstić information content (AvgIpc) is 2.65. The summed E-state index contributed by atoms with van der Waals surface area (Å²) in [6.07, 6.45) is 0.189. The second kappa shape index (κ2) is 7.38. The molecule has 1 atom stereocenters. The van der Waals surface area contributed by atoms with Gasteiger partial charge in [0.25, 0.3) is 0 Å². The van der Waals surface area contributed by atoms with Crippen molar-refractivity contribution in [2.75, 3.05) is 19.0 Å². The number of nitrogens with one attached hydrogen (secondary N) is 1. The summed E-state index contributed by atoms with van der Waals surface area (Å²) in [5.41, 5.74) is 2.66. The topological polar surface area (TPSA) is 58.6 Å². The lowest BCUT2D eigenvalue weighted by molar-refractivity contribution is -0.135. The highest BCUT2D eigenvalue weighted by atomic mass is 16.5. The van der Waals surface area contributed by atoms with Gasteiger partial charge in [-0.25, -0.2) is 0 Å². The second-order valence-corrected chi connectivity index (χ2v) is 6.09. The van der Waals surface area contributed by atoms with Gasteiger partial charge in [-0.15, -0.1) is 0 Å². The molecule has 0 saturated carbocycles.